The van der Waals surface area contributed by atoms with Crippen molar-refractivity contribution in [2.24, 2.45) is 5.10 Å². The number of nitro benzene ring substituents is 1. The molecular formula is C17H15N3O4. The smallest absolute Gasteiger partial charge is 0.277 e. The Hall–Kier alpha value is -3.06. The van der Waals surface area contributed by atoms with Crippen LogP contribution in [0.5, 0.6) is 0 Å². The maximum Gasteiger partial charge on any atom is 0.277 e. The lowest BCUT2D eigenvalue weighted by Crippen LogP contribution is -2.43. The molecule has 7 heteroatoms. The SMILES string of the molecule is CC1=NN(C(=O)c2cccc([N+](=O)[O-])c2)[C@@](O)(c2ccccc2)C1. The minimum atomic E-state index is -1.60. The largest absolute Gasteiger partial charge is 0.365 e. The molecule has 0 saturated heterocycles. The minimum Gasteiger partial charge on any atom is -0.365 e. The molecule has 24 heavy (non-hydrogen) atoms. The Labute approximate surface area is 138 Å². The fourth-order valence-electron chi connectivity index (χ4n) is 2.74. The van der Waals surface area contributed by atoms with Crippen molar-refractivity contribution >= 4 is 17.3 Å². The third-order valence-electron chi connectivity index (χ3n) is 3.86. The molecule has 2 aromatic rings. The lowest BCUT2D eigenvalue weighted by molar-refractivity contribution is -0.384. The molecule has 0 aromatic heterocycles. The number of hydrogen-bond acceptors (Lipinski definition) is 5. The van der Waals surface area contributed by atoms with Gasteiger partial charge in [0.25, 0.3) is 11.6 Å². The van der Waals surface area contributed by atoms with Crippen molar-refractivity contribution < 1.29 is 14.8 Å². The van der Waals surface area contributed by atoms with Gasteiger partial charge in [-0.15, -0.1) is 0 Å². The second kappa shape index (κ2) is 5.86. The number of hydrogen-bond donors (Lipinski definition) is 1. The van der Waals surface area contributed by atoms with E-state index in [2.05, 4.69) is 5.10 Å². The molecule has 2 aromatic carbocycles. The number of carbonyl (C=O) groups excluding carboxylic acids is 1. The van der Waals surface area contributed by atoms with E-state index >= 15 is 0 Å². The number of rotatable bonds is 3. The first-order chi connectivity index (χ1) is 11.4. The molecule has 7 nitrogen and oxygen atoms in total. The standard InChI is InChI=1S/C17H15N3O4/c1-12-11-17(22,14-7-3-2-4-8-14)19(18-12)16(21)13-6-5-9-15(10-13)20(23)24/h2-10,22H,11H2,1H3/t17-/m0/s1. The van der Waals surface area contributed by atoms with Gasteiger partial charge in [-0.1, -0.05) is 36.4 Å². The predicted octanol–water partition coefficient (Wildman–Crippen LogP) is 2.66. The van der Waals surface area contributed by atoms with E-state index in [1.807, 2.05) is 6.07 Å². The van der Waals surface area contributed by atoms with E-state index in [-0.39, 0.29) is 17.7 Å². The van der Waals surface area contributed by atoms with Gasteiger partial charge >= 0.3 is 0 Å². The number of hydrazone groups is 1. The quantitative estimate of drug-likeness (QED) is 0.693. The van der Waals surface area contributed by atoms with Crippen LogP contribution in [0.1, 0.15) is 29.3 Å². The summed E-state index contributed by atoms with van der Waals surface area (Å²) in [5, 5.41) is 27.1. The topological polar surface area (TPSA) is 96.0 Å². The molecule has 0 unspecified atom stereocenters. The van der Waals surface area contributed by atoms with E-state index in [1.165, 1.54) is 24.3 Å². The zero-order valence-electron chi connectivity index (χ0n) is 12.9. The van der Waals surface area contributed by atoms with Gasteiger partial charge in [0.15, 0.2) is 5.72 Å². The number of non-ortho nitro benzene ring substituents is 1. The molecule has 0 bridgehead atoms. The van der Waals surface area contributed by atoms with Gasteiger partial charge in [-0.05, 0) is 13.0 Å². The zero-order valence-corrected chi connectivity index (χ0v) is 12.9. The van der Waals surface area contributed by atoms with Crippen LogP contribution in [-0.4, -0.2) is 26.7 Å². The van der Waals surface area contributed by atoms with E-state index in [1.54, 1.807) is 31.2 Å². The van der Waals surface area contributed by atoms with Crippen LogP contribution in [0.25, 0.3) is 0 Å². The van der Waals surface area contributed by atoms with Crippen molar-refractivity contribution in [1.82, 2.24) is 5.01 Å². The van der Waals surface area contributed by atoms with Gasteiger partial charge < -0.3 is 5.11 Å². The number of nitrogens with zero attached hydrogens (tertiary/aromatic N) is 3. The maximum absolute atomic E-state index is 12.8. The molecule has 0 saturated carbocycles. The van der Waals surface area contributed by atoms with E-state index in [0.717, 1.165) is 5.01 Å². The van der Waals surface area contributed by atoms with Gasteiger partial charge in [0.2, 0.25) is 0 Å². The highest BCUT2D eigenvalue weighted by molar-refractivity contribution is 5.98. The number of aliphatic hydroxyl groups is 1. The number of benzene rings is 2. The van der Waals surface area contributed by atoms with Crippen LogP contribution in [0.2, 0.25) is 0 Å². The van der Waals surface area contributed by atoms with Crippen LogP contribution >= 0.6 is 0 Å². The summed E-state index contributed by atoms with van der Waals surface area (Å²) in [6.45, 7) is 1.72. The molecule has 122 valence electrons. The van der Waals surface area contributed by atoms with Crippen LogP contribution < -0.4 is 0 Å². The van der Waals surface area contributed by atoms with Crippen molar-refractivity contribution in [2.45, 2.75) is 19.1 Å². The Morgan fingerprint density at radius 1 is 1.25 bits per heavy atom. The summed E-state index contributed by atoms with van der Waals surface area (Å²) in [5.41, 5.74) is -0.571. The fourth-order valence-corrected chi connectivity index (χ4v) is 2.74. The molecular weight excluding hydrogens is 310 g/mol. The Balaban J connectivity index is 2.01. The summed E-state index contributed by atoms with van der Waals surface area (Å²) in [6.07, 6.45) is 0.178. The van der Waals surface area contributed by atoms with Gasteiger partial charge in [0.1, 0.15) is 0 Å². The molecule has 1 heterocycles. The van der Waals surface area contributed by atoms with E-state index in [4.69, 9.17) is 0 Å². The molecule has 1 aliphatic rings. The van der Waals surface area contributed by atoms with Gasteiger partial charge in [-0.25, -0.2) is 0 Å². The van der Waals surface area contributed by atoms with E-state index < -0.39 is 16.6 Å². The lowest BCUT2D eigenvalue weighted by atomic mass is 9.97. The Kier molecular flexibility index (Phi) is 3.86. The van der Waals surface area contributed by atoms with Gasteiger partial charge in [-0.3, -0.25) is 14.9 Å². The summed E-state index contributed by atoms with van der Waals surface area (Å²) in [5.74, 6) is -0.595. The summed E-state index contributed by atoms with van der Waals surface area (Å²) in [7, 11) is 0. The monoisotopic (exact) mass is 325 g/mol. The molecule has 0 fully saturated rings. The average molecular weight is 325 g/mol. The van der Waals surface area contributed by atoms with Gasteiger partial charge in [0.05, 0.1) is 4.92 Å². The number of carbonyl (C=O) groups is 1. The van der Waals surface area contributed by atoms with Crippen LogP contribution in [0.4, 0.5) is 5.69 Å². The second-order valence-corrected chi connectivity index (χ2v) is 5.62. The zero-order chi connectivity index (χ0) is 17.3. The van der Waals surface area contributed by atoms with Crippen molar-refractivity contribution in [3.05, 3.63) is 75.8 Å². The molecule has 0 aliphatic carbocycles. The minimum absolute atomic E-state index is 0.0945. The number of amides is 1. The molecule has 0 radical (unpaired) electrons. The maximum atomic E-state index is 12.8. The Bertz CT molecular complexity index is 835. The van der Waals surface area contributed by atoms with Crippen LogP contribution in [0.15, 0.2) is 59.7 Å². The highest BCUT2D eigenvalue weighted by atomic mass is 16.6. The highest BCUT2D eigenvalue weighted by Gasteiger charge is 2.45. The van der Waals surface area contributed by atoms with Gasteiger partial charge in [0, 0.05) is 35.4 Å². The third-order valence-corrected chi connectivity index (χ3v) is 3.86. The molecule has 1 N–H and O–H groups in total. The third kappa shape index (κ3) is 2.65. The predicted molar refractivity (Wildman–Crippen MR) is 87.3 cm³/mol. The van der Waals surface area contributed by atoms with Crippen molar-refractivity contribution in [1.29, 1.82) is 0 Å². The lowest BCUT2D eigenvalue weighted by Gasteiger charge is -2.31. The number of nitro groups is 1. The summed E-state index contributed by atoms with van der Waals surface area (Å²) >= 11 is 0. The first-order valence-corrected chi connectivity index (χ1v) is 7.33. The molecule has 1 amide bonds. The van der Waals surface area contributed by atoms with Crippen LogP contribution in [0.3, 0.4) is 0 Å². The van der Waals surface area contributed by atoms with Gasteiger partial charge in [-0.2, -0.15) is 10.1 Å². The summed E-state index contributed by atoms with van der Waals surface area (Å²) < 4.78 is 0. The second-order valence-electron chi connectivity index (χ2n) is 5.62. The molecule has 1 atom stereocenters. The normalized spacial score (nSPS) is 19.9. The summed E-state index contributed by atoms with van der Waals surface area (Å²) in [4.78, 5) is 23.1. The summed E-state index contributed by atoms with van der Waals surface area (Å²) in [6, 6.07) is 14.1. The first kappa shape index (κ1) is 15.8. The molecule has 1 aliphatic heterocycles. The Morgan fingerprint density at radius 2 is 1.96 bits per heavy atom. The van der Waals surface area contributed by atoms with Crippen molar-refractivity contribution in [3.63, 3.8) is 0 Å². The Morgan fingerprint density at radius 3 is 2.62 bits per heavy atom. The van der Waals surface area contributed by atoms with Crippen LogP contribution in [0, 0.1) is 10.1 Å². The highest BCUT2D eigenvalue weighted by Crippen LogP contribution is 2.36. The first-order valence-electron chi connectivity index (χ1n) is 7.33. The molecule has 3 rings (SSSR count). The van der Waals surface area contributed by atoms with Crippen LogP contribution in [-0.2, 0) is 5.72 Å². The fraction of sp³-hybridized carbons (Fsp3) is 0.176. The van der Waals surface area contributed by atoms with Crippen molar-refractivity contribution in [3.8, 4) is 0 Å². The average Bonchev–Trinajstić information content (AvgIpc) is 2.91. The van der Waals surface area contributed by atoms with E-state index in [9.17, 15) is 20.0 Å². The molecule has 0 spiro atoms. The van der Waals surface area contributed by atoms with E-state index in [0.29, 0.717) is 11.3 Å². The van der Waals surface area contributed by atoms with Crippen molar-refractivity contribution in [2.75, 3.05) is 0 Å².